The third kappa shape index (κ3) is 3.35. The van der Waals surface area contributed by atoms with Crippen LogP contribution in [0.1, 0.15) is 26.3 Å². The quantitative estimate of drug-likeness (QED) is 0.756. The van der Waals surface area contributed by atoms with Crippen LogP contribution in [0.2, 0.25) is 0 Å². The van der Waals surface area contributed by atoms with Crippen molar-refractivity contribution in [3.8, 4) is 11.5 Å². The number of likely N-dealkylation sites (N-methyl/N-ethyl adjacent to an activating group) is 1. The van der Waals surface area contributed by atoms with E-state index < -0.39 is 0 Å². The van der Waals surface area contributed by atoms with Crippen LogP contribution in [-0.2, 0) is 5.41 Å². The number of phenols is 2. The molecule has 0 aromatic heterocycles. The Morgan fingerprint density at radius 3 is 2.20 bits per heavy atom. The number of nitrogens with one attached hydrogen (secondary N) is 1. The van der Waals surface area contributed by atoms with Crippen LogP contribution in [0.25, 0.3) is 10.8 Å². The normalized spacial score (nSPS) is 11.3. The molecule has 0 aliphatic carbocycles. The molecule has 0 fully saturated rings. The molecule has 0 heterocycles. The van der Waals surface area contributed by atoms with Crippen molar-refractivity contribution in [2.45, 2.75) is 26.2 Å². The maximum atomic E-state index is 9.59. The highest BCUT2D eigenvalue weighted by Crippen LogP contribution is 2.33. The molecule has 2 aromatic carbocycles. The number of benzene rings is 2. The summed E-state index contributed by atoms with van der Waals surface area (Å²) < 4.78 is 0. The van der Waals surface area contributed by atoms with Gasteiger partial charge in [-0.1, -0.05) is 39.0 Å². The largest absolute Gasteiger partial charge is 0.504 e. The van der Waals surface area contributed by atoms with Gasteiger partial charge in [0.1, 0.15) is 0 Å². The van der Waals surface area contributed by atoms with Crippen LogP contribution in [0.3, 0.4) is 0 Å². The average molecular weight is 296 g/mol. The van der Waals surface area contributed by atoms with Gasteiger partial charge >= 0.3 is 0 Å². The van der Waals surface area contributed by atoms with Crippen LogP contribution in [0.15, 0.2) is 30.3 Å². The van der Waals surface area contributed by atoms with E-state index in [0.29, 0.717) is 0 Å². The lowest BCUT2D eigenvalue weighted by Gasteiger charge is -2.26. The van der Waals surface area contributed by atoms with E-state index in [2.05, 4.69) is 38.2 Å². The van der Waals surface area contributed by atoms with E-state index in [4.69, 9.17) is 0 Å². The van der Waals surface area contributed by atoms with Crippen LogP contribution in [0.4, 0.5) is 0 Å². The second-order valence-electron chi connectivity index (χ2n) is 5.57. The molecule has 3 nitrogen and oxygen atoms in total. The number of hydrogen-bond donors (Lipinski definition) is 3. The molecule has 0 aliphatic rings. The van der Waals surface area contributed by atoms with Crippen molar-refractivity contribution < 1.29 is 10.2 Å². The molecule has 0 radical (unpaired) electrons. The van der Waals surface area contributed by atoms with Crippen molar-refractivity contribution in [3.63, 3.8) is 0 Å². The summed E-state index contributed by atoms with van der Waals surface area (Å²) in [4.78, 5) is 0. The minimum absolute atomic E-state index is 0. The number of rotatable bonds is 4. The predicted molar refractivity (Wildman–Crippen MR) is 86.1 cm³/mol. The molecule has 0 saturated carbocycles. The van der Waals surface area contributed by atoms with Crippen molar-refractivity contribution in [3.05, 3.63) is 35.9 Å². The molecule has 0 spiro atoms. The van der Waals surface area contributed by atoms with E-state index in [0.717, 1.165) is 23.9 Å². The maximum Gasteiger partial charge on any atom is 0.158 e. The van der Waals surface area contributed by atoms with Gasteiger partial charge in [0.05, 0.1) is 0 Å². The molecule has 0 unspecified atom stereocenters. The van der Waals surface area contributed by atoms with E-state index in [9.17, 15) is 10.2 Å². The van der Waals surface area contributed by atoms with Crippen molar-refractivity contribution in [2.24, 2.45) is 0 Å². The molecule has 3 N–H and O–H groups in total. The van der Waals surface area contributed by atoms with Crippen molar-refractivity contribution in [2.75, 3.05) is 13.1 Å². The van der Waals surface area contributed by atoms with Gasteiger partial charge in [-0.3, -0.25) is 0 Å². The molecule has 0 amide bonds. The summed E-state index contributed by atoms with van der Waals surface area (Å²) in [6.45, 7) is 8.33. The predicted octanol–water partition coefficient (Wildman–Crippen LogP) is 3.56. The van der Waals surface area contributed by atoms with Crippen LogP contribution in [-0.4, -0.2) is 23.3 Å². The standard InChI is InChI=1S/C16H21NO2.ClH/c1-4-17-10-16(2,3)13-6-5-11-8-14(18)15(19)9-12(11)7-13;/h5-9,17-19H,4,10H2,1-3H3;1H. The molecular formula is C16H22ClNO2. The zero-order valence-electron chi connectivity index (χ0n) is 12.1. The Kier molecular flexibility index (Phi) is 5.26. The van der Waals surface area contributed by atoms with Crippen molar-refractivity contribution in [1.82, 2.24) is 5.32 Å². The SMILES string of the molecule is CCNCC(C)(C)c1ccc2cc(O)c(O)cc2c1.Cl. The molecule has 2 rings (SSSR count). The highest BCUT2D eigenvalue weighted by molar-refractivity contribution is 5.86. The summed E-state index contributed by atoms with van der Waals surface area (Å²) in [7, 11) is 0. The van der Waals surface area contributed by atoms with E-state index in [1.54, 1.807) is 12.1 Å². The number of hydrogen-bond acceptors (Lipinski definition) is 3. The number of phenolic OH excluding ortho intramolecular Hbond substituents is 2. The number of fused-ring (bicyclic) bond motifs is 1. The highest BCUT2D eigenvalue weighted by Gasteiger charge is 2.20. The minimum atomic E-state index is -0.0767. The van der Waals surface area contributed by atoms with Crippen LogP contribution < -0.4 is 5.32 Å². The van der Waals surface area contributed by atoms with Gasteiger partial charge in [-0.15, -0.1) is 12.4 Å². The lowest BCUT2D eigenvalue weighted by atomic mass is 9.83. The fourth-order valence-corrected chi connectivity index (χ4v) is 2.23. The first-order valence-electron chi connectivity index (χ1n) is 6.61. The first kappa shape index (κ1) is 16.6. The molecule has 20 heavy (non-hydrogen) atoms. The monoisotopic (exact) mass is 295 g/mol. The van der Waals surface area contributed by atoms with E-state index in [-0.39, 0.29) is 29.3 Å². The third-order valence-corrected chi connectivity index (χ3v) is 3.53. The third-order valence-electron chi connectivity index (χ3n) is 3.53. The Morgan fingerprint density at radius 2 is 1.60 bits per heavy atom. The molecule has 110 valence electrons. The zero-order valence-corrected chi connectivity index (χ0v) is 12.9. The fraction of sp³-hybridized carbons (Fsp3) is 0.375. The van der Waals surface area contributed by atoms with E-state index >= 15 is 0 Å². The van der Waals surface area contributed by atoms with Gasteiger partial charge < -0.3 is 15.5 Å². The second kappa shape index (κ2) is 6.33. The zero-order chi connectivity index (χ0) is 14.0. The van der Waals surface area contributed by atoms with Crippen LogP contribution in [0, 0.1) is 0 Å². The first-order chi connectivity index (χ1) is 8.94. The number of aromatic hydroxyl groups is 2. The van der Waals surface area contributed by atoms with Crippen molar-refractivity contribution in [1.29, 1.82) is 0 Å². The van der Waals surface area contributed by atoms with E-state index in [1.807, 2.05) is 6.07 Å². The Bertz CT molecular complexity index is 596. The fourth-order valence-electron chi connectivity index (χ4n) is 2.23. The molecule has 0 atom stereocenters. The van der Waals surface area contributed by atoms with Gasteiger partial charge in [-0.2, -0.15) is 0 Å². The van der Waals surface area contributed by atoms with E-state index in [1.165, 1.54) is 5.56 Å². The summed E-state index contributed by atoms with van der Waals surface area (Å²) in [5.41, 5.74) is 1.24. The summed E-state index contributed by atoms with van der Waals surface area (Å²) in [5, 5.41) is 24.3. The first-order valence-corrected chi connectivity index (χ1v) is 6.61. The summed E-state index contributed by atoms with van der Waals surface area (Å²) in [6, 6.07) is 9.34. The second-order valence-corrected chi connectivity index (χ2v) is 5.57. The van der Waals surface area contributed by atoms with Crippen LogP contribution in [0.5, 0.6) is 11.5 Å². The lowest BCUT2D eigenvalue weighted by Crippen LogP contribution is -2.32. The highest BCUT2D eigenvalue weighted by atomic mass is 35.5. The van der Waals surface area contributed by atoms with Gasteiger partial charge in [0.2, 0.25) is 0 Å². The van der Waals surface area contributed by atoms with Gasteiger partial charge in [-0.05, 0) is 35.0 Å². The van der Waals surface area contributed by atoms with Gasteiger partial charge in [0, 0.05) is 12.0 Å². The van der Waals surface area contributed by atoms with Crippen molar-refractivity contribution >= 4 is 23.2 Å². The molecule has 0 aliphatic heterocycles. The van der Waals surface area contributed by atoms with Gasteiger partial charge in [0.25, 0.3) is 0 Å². The number of halogens is 1. The maximum absolute atomic E-state index is 9.59. The topological polar surface area (TPSA) is 52.5 Å². The van der Waals surface area contributed by atoms with Crippen LogP contribution >= 0.6 is 12.4 Å². The molecule has 0 bridgehead atoms. The van der Waals surface area contributed by atoms with Gasteiger partial charge in [-0.25, -0.2) is 0 Å². The van der Waals surface area contributed by atoms with Gasteiger partial charge in [0.15, 0.2) is 11.5 Å². The summed E-state index contributed by atoms with van der Waals surface area (Å²) >= 11 is 0. The Hall–Kier alpha value is -1.45. The average Bonchev–Trinajstić information content (AvgIpc) is 2.37. The molecule has 0 saturated heterocycles. The summed E-state index contributed by atoms with van der Waals surface area (Å²) in [5.74, 6) is -0.152. The Balaban J connectivity index is 0.00000200. The Labute approximate surface area is 126 Å². The molecular weight excluding hydrogens is 274 g/mol. The minimum Gasteiger partial charge on any atom is -0.504 e. The molecule has 4 heteroatoms. The Morgan fingerprint density at radius 1 is 1.00 bits per heavy atom. The molecule has 2 aromatic rings. The lowest BCUT2D eigenvalue weighted by molar-refractivity contribution is 0.405. The smallest absolute Gasteiger partial charge is 0.158 e. The summed E-state index contributed by atoms with van der Waals surface area (Å²) in [6.07, 6.45) is 0.